The van der Waals surface area contributed by atoms with Crippen molar-refractivity contribution in [2.45, 2.75) is 82.8 Å². The fourth-order valence-electron chi connectivity index (χ4n) is 5.51. The fourth-order valence-corrected chi connectivity index (χ4v) is 5.51. The first-order valence-corrected chi connectivity index (χ1v) is 13.1. The fraction of sp³-hybridized carbons (Fsp3) is 0.500. The molecule has 2 aliphatic rings. The van der Waals surface area contributed by atoms with E-state index in [-0.39, 0.29) is 23.8 Å². The SMILES string of the molecule is O=C(NC1CCCCC1)C(c1ccc(B(O)O)cc1)N(Cc1ccccc1)C(=O)C1CCCCC1. The number of amides is 2. The molecule has 2 aromatic carbocycles. The molecule has 6 nitrogen and oxygen atoms in total. The van der Waals surface area contributed by atoms with Gasteiger partial charge >= 0.3 is 7.12 Å². The molecule has 2 aliphatic carbocycles. The monoisotopic (exact) mass is 476 g/mol. The van der Waals surface area contributed by atoms with Crippen molar-refractivity contribution in [2.24, 2.45) is 5.92 Å². The molecule has 2 amide bonds. The van der Waals surface area contributed by atoms with E-state index in [1.165, 1.54) is 6.42 Å². The summed E-state index contributed by atoms with van der Waals surface area (Å²) < 4.78 is 0. The number of carbonyl (C=O) groups excluding carboxylic acids is 2. The van der Waals surface area contributed by atoms with Gasteiger partial charge in [0.15, 0.2) is 0 Å². The number of benzene rings is 2. The number of rotatable bonds is 8. The third-order valence-corrected chi connectivity index (χ3v) is 7.50. The summed E-state index contributed by atoms with van der Waals surface area (Å²) >= 11 is 0. The van der Waals surface area contributed by atoms with E-state index in [4.69, 9.17) is 0 Å². The highest BCUT2D eigenvalue weighted by Crippen LogP contribution is 2.31. The highest BCUT2D eigenvalue weighted by Gasteiger charge is 2.36. The summed E-state index contributed by atoms with van der Waals surface area (Å²) in [6, 6.07) is 15.9. The van der Waals surface area contributed by atoms with Crippen LogP contribution in [-0.4, -0.2) is 39.9 Å². The lowest BCUT2D eigenvalue weighted by atomic mass is 9.79. The van der Waals surface area contributed by atoms with Crippen molar-refractivity contribution < 1.29 is 19.6 Å². The van der Waals surface area contributed by atoms with Gasteiger partial charge in [-0.15, -0.1) is 0 Å². The van der Waals surface area contributed by atoms with Crippen molar-refractivity contribution in [1.82, 2.24) is 10.2 Å². The molecule has 4 rings (SSSR count). The maximum Gasteiger partial charge on any atom is 0.488 e. The summed E-state index contributed by atoms with van der Waals surface area (Å²) in [4.78, 5) is 29.6. The zero-order valence-electron chi connectivity index (χ0n) is 20.4. The van der Waals surface area contributed by atoms with Crippen LogP contribution in [0.5, 0.6) is 0 Å². The largest absolute Gasteiger partial charge is 0.488 e. The molecule has 35 heavy (non-hydrogen) atoms. The molecule has 2 aromatic rings. The number of nitrogens with zero attached hydrogens (tertiary/aromatic N) is 1. The van der Waals surface area contributed by atoms with Crippen molar-refractivity contribution in [3.8, 4) is 0 Å². The van der Waals surface area contributed by atoms with E-state index in [1.54, 1.807) is 29.2 Å². The Morgan fingerprint density at radius 3 is 2.06 bits per heavy atom. The smallest absolute Gasteiger partial charge is 0.423 e. The van der Waals surface area contributed by atoms with Crippen molar-refractivity contribution in [3.05, 3.63) is 65.7 Å². The molecule has 0 aliphatic heterocycles. The maximum atomic E-state index is 14.0. The molecule has 2 saturated carbocycles. The standard InChI is InChI=1S/C28H37BN2O4/c32-27(30-25-14-8-3-9-15-25)26(22-16-18-24(19-17-22)29(34)35)31(20-21-10-4-1-5-11-21)28(33)23-12-6-2-7-13-23/h1,4-5,10-11,16-19,23,25-26,34-35H,2-3,6-9,12-15,20H2,(H,30,32). The van der Waals surface area contributed by atoms with Gasteiger partial charge in [-0.25, -0.2) is 0 Å². The molecular formula is C28H37BN2O4. The predicted molar refractivity (Wildman–Crippen MR) is 138 cm³/mol. The van der Waals surface area contributed by atoms with Crippen LogP contribution in [0.25, 0.3) is 0 Å². The lowest BCUT2D eigenvalue weighted by Crippen LogP contribution is -2.48. The molecule has 0 aromatic heterocycles. The Hall–Kier alpha value is -2.64. The average Bonchev–Trinajstić information content (AvgIpc) is 2.90. The summed E-state index contributed by atoms with van der Waals surface area (Å²) in [6.07, 6.45) is 10.3. The van der Waals surface area contributed by atoms with Crippen LogP contribution >= 0.6 is 0 Å². The number of hydrogen-bond acceptors (Lipinski definition) is 4. The van der Waals surface area contributed by atoms with Crippen LogP contribution in [0.4, 0.5) is 0 Å². The summed E-state index contributed by atoms with van der Waals surface area (Å²) in [6.45, 7) is 0.350. The van der Waals surface area contributed by atoms with E-state index in [0.29, 0.717) is 17.6 Å². The Kier molecular flexibility index (Phi) is 8.99. The first-order valence-electron chi connectivity index (χ1n) is 13.1. The quantitative estimate of drug-likeness (QED) is 0.509. The van der Waals surface area contributed by atoms with Gasteiger partial charge in [-0.3, -0.25) is 9.59 Å². The van der Waals surface area contributed by atoms with Crippen molar-refractivity contribution in [1.29, 1.82) is 0 Å². The molecule has 0 radical (unpaired) electrons. The number of hydrogen-bond donors (Lipinski definition) is 3. The second kappa shape index (κ2) is 12.4. The minimum absolute atomic E-state index is 0.0311. The van der Waals surface area contributed by atoms with E-state index < -0.39 is 13.2 Å². The summed E-state index contributed by atoms with van der Waals surface area (Å²) in [7, 11) is -1.58. The molecule has 7 heteroatoms. The molecule has 2 fully saturated rings. The topological polar surface area (TPSA) is 89.9 Å². The summed E-state index contributed by atoms with van der Waals surface area (Å²) in [5, 5.41) is 22.4. The van der Waals surface area contributed by atoms with Gasteiger partial charge in [0.2, 0.25) is 11.8 Å². The third kappa shape index (κ3) is 6.74. The van der Waals surface area contributed by atoms with Crippen molar-refractivity contribution >= 4 is 24.4 Å². The minimum Gasteiger partial charge on any atom is -0.423 e. The van der Waals surface area contributed by atoms with E-state index in [2.05, 4.69) is 5.32 Å². The van der Waals surface area contributed by atoms with E-state index in [1.807, 2.05) is 30.3 Å². The van der Waals surface area contributed by atoms with E-state index >= 15 is 0 Å². The minimum atomic E-state index is -1.58. The molecule has 0 heterocycles. The Balaban J connectivity index is 1.69. The van der Waals surface area contributed by atoms with Crippen LogP contribution < -0.4 is 10.8 Å². The molecular weight excluding hydrogens is 439 g/mol. The van der Waals surface area contributed by atoms with E-state index in [9.17, 15) is 19.6 Å². The molecule has 186 valence electrons. The number of nitrogens with one attached hydrogen (secondary N) is 1. The number of carbonyl (C=O) groups is 2. The van der Waals surface area contributed by atoms with Gasteiger partial charge in [0.25, 0.3) is 0 Å². The Labute approximate surface area is 208 Å². The lowest BCUT2D eigenvalue weighted by Gasteiger charge is -2.36. The Morgan fingerprint density at radius 1 is 0.857 bits per heavy atom. The van der Waals surface area contributed by atoms with Crippen LogP contribution in [0.2, 0.25) is 0 Å². The highest BCUT2D eigenvalue weighted by atomic mass is 16.4. The molecule has 1 unspecified atom stereocenters. The van der Waals surface area contributed by atoms with Crippen LogP contribution in [0.3, 0.4) is 0 Å². The second-order valence-electron chi connectivity index (χ2n) is 10.1. The van der Waals surface area contributed by atoms with E-state index in [0.717, 1.165) is 63.4 Å². The second-order valence-corrected chi connectivity index (χ2v) is 10.1. The van der Waals surface area contributed by atoms with Gasteiger partial charge < -0.3 is 20.3 Å². The van der Waals surface area contributed by atoms with Crippen LogP contribution in [0.1, 0.15) is 81.4 Å². The lowest BCUT2D eigenvalue weighted by molar-refractivity contribution is -0.146. The van der Waals surface area contributed by atoms with Crippen molar-refractivity contribution in [2.75, 3.05) is 0 Å². The Bertz CT molecular complexity index is 955. The summed E-state index contributed by atoms with van der Waals surface area (Å²) in [5.41, 5.74) is 2.02. The van der Waals surface area contributed by atoms with Crippen LogP contribution in [0.15, 0.2) is 54.6 Å². The molecule has 1 atom stereocenters. The Morgan fingerprint density at radius 2 is 1.46 bits per heavy atom. The molecule has 0 spiro atoms. The first kappa shape index (κ1) is 25.5. The molecule has 0 bridgehead atoms. The van der Waals surface area contributed by atoms with Gasteiger partial charge in [0, 0.05) is 18.5 Å². The summed E-state index contributed by atoms with van der Waals surface area (Å²) in [5.74, 6) is -0.200. The average molecular weight is 476 g/mol. The van der Waals surface area contributed by atoms with Crippen molar-refractivity contribution in [3.63, 3.8) is 0 Å². The molecule has 0 saturated heterocycles. The van der Waals surface area contributed by atoms with Crippen LogP contribution in [-0.2, 0) is 16.1 Å². The first-order chi connectivity index (χ1) is 17.0. The van der Waals surface area contributed by atoms with Gasteiger partial charge in [0.1, 0.15) is 6.04 Å². The van der Waals surface area contributed by atoms with Gasteiger partial charge in [-0.2, -0.15) is 0 Å². The maximum absolute atomic E-state index is 14.0. The normalized spacial score (nSPS) is 18.0. The third-order valence-electron chi connectivity index (χ3n) is 7.50. The molecule has 3 N–H and O–H groups in total. The zero-order chi connectivity index (χ0) is 24.6. The van der Waals surface area contributed by atoms with Gasteiger partial charge in [-0.05, 0) is 42.3 Å². The van der Waals surface area contributed by atoms with Gasteiger partial charge in [0.05, 0.1) is 0 Å². The van der Waals surface area contributed by atoms with Crippen LogP contribution in [0, 0.1) is 5.92 Å². The zero-order valence-corrected chi connectivity index (χ0v) is 20.4. The van der Waals surface area contributed by atoms with Gasteiger partial charge in [-0.1, -0.05) is 93.1 Å². The highest BCUT2D eigenvalue weighted by molar-refractivity contribution is 6.58. The predicted octanol–water partition coefficient (Wildman–Crippen LogP) is 3.47.